The molecule has 1 atom stereocenters. The van der Waals surface area contributed by atoms with E-state index in [1.807, 2.05) is 0 Å². The van der Waals surface area contributed by atoms with E-state index in [-0.39, 0.29) is 11.3 Å². The van der Waals surface area contributed by atoms with Gasteiger partial charge in [-0.2, -0.15) is 0 Å². The number of benzene rings is 2. The van der Waals surface area contributed by atoms with Crippen LogP contribution in [0.2, 0.25) is 0 Å². The van der Waals surface area contributed by atoms with Gasteiger partial charge < -0.3 is 15.3 Å². The van der Waals surface area contributed by atoms with Gasteiger partial charge in [-0.3, -0.25) is 14.5 Å². The third kappa shape index (κ3) is 3.99. The van der Waals surface area contributed by atoms with Crippen LogP contribution in [0, 0.1) is 5.82 Å². The van der Waals surface area contributed by atoms with E-state index in [0.29, 0.717) is 24.2 Å². The van der Waals surface area contributed by atoms with E-state index in [1.54, 1.807) is 42.5 Å². The van der Waals surface area contributed by atoms with Crippen LogP contribution in [0.1, 0.15) is 17.2 Å². The summed E-state index contributed by atoms with van der Waals surface area (Å²) in [5.41, 5.74) is 1.09. The molecule has 0 bridgehead atoms. The molecule has 6 nitrogen and oxygen atoms in total. The third-order valence-electron chi connectivity index (χ3n) is 5.64. The Morgan fingerprint density at radius 1 is 1.00 bits per heavy atom. The summed E-state index contributed by atoms with van der Waals surface area (Å²) in [4.78, 5) is 29.5. The number of halogens is 1. The van der Waals surface area contributed by atoms with E-state index >= 15 is 0 Å². The molecule has 2 aliphatic rings. The zero-order chi connectivity index (χ0) is 21.1. The van der Waals surface area contributed by atoms with Gasteiger partial charge >= 0.3 is 0 Å². The van der Waals surface area contributed by atoms with Gasteiger partial charge in [0.2, 0.25) is 0 Å². The molecule has 30 heavy (non-hydrogen) atoms. The average molecular weight is 409 g/mol. The summed E-state index contributed by atoms with van der Waals surface area (Å²) in [5, 5.41) is 14.2. The van der Waals surface area contributed by atoms with Crippen LogP contribution in [0.15, 0.2) is 60.2 Å². The van der Waals surface area contributed by atoms with E-state index in [2.05, 4.69) is 10.2 Å². The lowest BCUT2D eigenvalue weighted by Crippen LogP contribution is -2.46. The number of nitrogens with one attached hydrogen (secondary N) is 1. The van der Waals surface area contributed by atoms with Gasteiger partial charge in [-0.1, -0.05) is 42.5 Å². The fraction of sp³-hybridized carbons (Fsp3) is 0.304. The predicted octanol–water partition coefficient (Wildman–Crippen LogP) is 2.15. The molecule has 2 N–H and O–H groups in total. The van der Waals surface area contributed by atoms with Gasteiger partial charge in [0.05, 0.1) is 11.6 Å². The second-order valence-electron chi connectivity index (χ2n) is 7.50. The summed E-state index contributed by atoms with van der Waals surface area (Å²) in [6, 6.07) is 13.6. The van der Waals surface area contributed by atoms with Crippen molar-refractivity contribution in [1.29, 1.82) is 0 Å². The van der Waals surface area contributed by atoms with Gasteiger partial charge in [-0.05, 0) is 17.7 Å². The molecule has 4 rings (SSSR count). The molecule has 2 aromatic rings. The van der Waals surface area contributed by atoms with Gasteiger partial charge in [0.25, 0.3) is 11.7 Å². The second-order valence-corrected chi connectivity index (χ2v) is 7.50. The summed E-state index contributed by atoms with van der Waals surface area (Å²) >= 11 is 0. The normalized spacial score (nSPS) is 21.9. The van der Waals surface area contributed by atoms with Crippen LogP contribution in [0.3, 0.4) is 0 Å². The Kier molecular flexibility index (Phi) is 5.92. The van der Waals surface area contributed by atoms with Crippen LogP contribution in [-0.4, -0.2) is 65.9 Å². The highest BCUT2D eigenvalue weighted by atomic mass is 19.1. The average Bonchev–Trinajstić information content (AvgIpc) is 3.04. The van der Waals surface area contributed by atoms with E-state index in [4.69, 9.17) is 0 Å². The lowest BCUT2D eigenvalue weighted by atomic mass is 9.95. The quantitative estimate of drug-likeness (QED) is 0.450. The largest absolute Gasteiger partial charge is 0.507 e. The number of nitrogens with zero attached hydrogens (tertiary/aromatic N) is 2. The molecule has 0 spiro atoms. The zero-order valence-corrected chi connectivity index (χ0v) is 16.6. The minimum atomic E-state index is -0.756. The lowest BCUT2D eigenvalue weighted by Gasteiger charge is -2.31. The number of carbonyl (C=O) groups excluding carboxylic acids is 2. The fourth-order valence-electron chi connectivity index (χ4n) is 4.04. The maximum absolute atomic E-state index is 13.5. The molecule has 0 radical (unpaired) electrons. The number of aliphatic hydroxyl groups excluding tert-OH is 1. The van der Waals surface area contributed by atoms with Crippen molar-refractivity contribution in [2.45, 2.75) is 6.04 Å². The summed E-state index contributed by atoms with van der Waals surface area (Å²) in [5.74, 6) is -1.98. The maximum atomic E-state index is 13.5. The molecular weight excluding hydrogens is 385 g/mol. The maximum Gasteiger partial charge on any atom is 0.295 e. The first-order valence-electron chi connectivity index (χ1n) is 10.1. The monoisotopic (exact) mass is 409 g/mol. The first-order chi connectivity index (χ1) is 14.6. The minimum absolute atomic E-state index is 0.0399. The molecule has 156 valence electrons. The first-order valence-corrected chi connectivity index (χ1v) is 10.1. The highest BCUT2D eigenvalue weighted by Gasteiger charge is 2.46. The van der Waals surface area contributed by atoms with Crippen molar-refractivity contribution in [3.05, 3.63) is 77.1 Å². The number of Topliss-reactive ketones (excluding diaryl/α,β-unsaturated/α-hetero) is 1. The molecule has 2 aromatic carbocycles. The summed E-state index contributed by atoms with van der Waals surface area (Å²) in [6.45, 7) is 4.47. The van der Waals surface area contributed by atoms with Crippen molar-refractivity contribution >= 4 is 17.4 Å². The number of ketones is 1. The number of piperazine rings is 1. The standard InChI is InChI=1S/C23H24FN3O3/c24-18-8-6-16(7-9-18)20-19(21(28)17-4-2-1-3-5-17)22(29)23(30)27(20)15-14-26-12-10-25-11-13-26/h1-9,20,25,28H,10-15H2/t20-/m1/s1. The number of likely N-dealkylation sites (tertiary alicyclic amines) is 1. The van der Waals surface area contributed by atoms with Crippen molar-refractivity contribution < 1.29 is 19.1 Å². The molecular formula is C23H24FN3O3. The van der Waals surface area contributed by atoms with Crippen LogP contribution in [0.4, 0.5) is 4.39 Å². The Hall–Kier alpha value is -3.03. The van der Waals surface area contributed by atoms with Crippen LogP contribution in [-0.2, 0) is 9.59 Å². The molecule has 7 heteroatoms. The number of carbonyl (C=O) groups is 2. The van der Waals surface area contributed by atoms with E-state index in [9.17, 15) is 19.1 Å². The molecule has 0 aromatic heterocycles. The van der Waals surface area contributed by atoms with Crippen molar-refractivity contribution in [2.24, 2.45) is 0 Å². The van der Waals surface area contributed by atoms with Crippen LogP contribution in [0.5, 0.6) is 0 Å². The number of aliphatic hydroxyl groups is 1. The van der Waals surface area contributed by atoms with Gasteiger partial charge in [-0.15, -0.1) is 0 Å². The Morgan fingerprint density at radius 3 is 2.33 bits per heavy atom. The number of hydrogen-bond acceptors (Lipinski definition) is 5. The molecule has 0 aliphatic carbocycles. The second kappa shape index (κ2) is 8.77. The zero-order valence-electron chi connectivity index (χ0n) is 16.6. The van der Waals surface area contributed by atoms with Gasteiger partial charge in [0, 0.05) is 44.8 Å². The van der Waals surface area contributed by atoms with E-state index in [1.165, 1.54) is 17.0 Å². The Labute approximate surface area is 174 Å². The smallest absolute Gasteiger partial charge is 0.295 e. The SMILES string of the molecule is O=C1C(=O)N(CCN2CCNCC2)[C@H](c2ccc(F)cc2)C1=C(O)c1ccccc1. The topological polar surface area (TPSA) is 72.9 Å². The van der Waals surface area contributed by atoms with Gasteiger partial charge in [-0.25, -0.2) is 4.39 Å². The molecule has 2 aliphatic heterocycles. The Morgan fingerprint density at radius 2 is 1.67 bits per heavy atom. The van der Waals surface area contributed by atoms with Crippen molar-refractivity contribution in [3.63, 3.8) is 0 Å². The van der Waals surface area contributed by atoms with Crippen LogP contribution >= 0.6 is 0 Å². The summed E-state index contributed by atoms with van der Waals surface area (Å²) < 4.78 is 13.5. The predicted molar refractivity (Wildman–Crippen MR) is 111 cm³/mol. The van der Waals surface area contributed by atoms with Crippen molar-refractivity contribution in [3.8, 4) is 0 Å². The van der Waals surface area contributed by atoms with E-state index in [0.717, 1.165) is 26.2 Å². The highest BCUT2D eigenvalue weighted by molar-refractivity contribution is 6.46. The Bertz CT molecular complexity index is 953. The molecule has 2 fully saturated rings. The molecule has 1 amide bonds. The summed E-state index contributed by atoms with van der Waals surface area (Å²) in [6.07, 6.45) is 0. The highest BCUT2D eigenvalue weighted by Crippen LogP contribution is 2.39. The Balaban J connectivity index is 1.72. The molecule has 2 heterocycles. The number of hydrogen-bond donors (Lipinski definition) is 2. The molecule has 2 saturated heterocycles. The third-order valence-corrected chi connectivity index (χ3v) is 5.64. The number of amides is 1. The summed E-state index contributed by atoms with van der Waals surface area (Å²) in [7, 11) is 0. The fourth-order valence-corrected chi connectivity index (χ4v) is 4.04. The number of rotatable bonds is 5. The molecule has 0 unspecified atom stereocenters. The van der Waals surface area contributed by atoms with Gasteiger partial charge in [0.15, 0.2) is 0 Å². The minimum Gasteiger partial charge on any atom is -0.507 e. The van der Waals surface area contributed by atoms with Crippen molar-refractivity contribution in [2.75, 3.05) is 39.3 Å². The lowest BCUT2D eigenvalue weighted by molar-refractivity contribution is -0.140. The van der Waals surface area contributed by atoms with Gasteiger partial charge in [0.1, 0.15) is 11.6 Å². The first kappa shape index (κ1) is 20.3. The molecule has 0 saturated carbocycles. The van der Waals surface area contributed by atoms with E-state index < -0.39 is 23.5 Å². The van der Waals surface area contributed by atoms with Crippen molar-refractivity contribution in [1.82, 2.24) is 15.1 Å². The van der Waals surface area contributed by atoms with Crippen LogP contribution in [0.25, 0.3) is 5.76 Å². The van der Waals surface area contributed by atoms with Crippen LogP contribution < -0.4 is 5.32 Å².